The van der Waals surface area contributed by atoms with E-state index in [1.54, 1.807) is 36.8 Å². The molecule has 0 bridgehead atoms. The van der Waals surface area contributed by atoms with Gasteiger partial charge in [-0.3, -0.25) is 14.8 Å². The van der Waals surface area contributed by atoms with Crippen LogP contribution in [0.1, 0.15) is 15.9 Å². The molecule has 3 aromatic carbocycles. The molecule has 2 heterocycles. The minimum absolute atomic E-state index is 0.233. The molecule has 0 aliphatic heterocycles. The minimum atomic E-state index is -0.335. The number of benzene rings is 3. The molecular formula is C28H22FN5O. The van der Waals surface area contributed by atoms with E-state index in [1.807, 2.05) is 55.5 Å². The summed E-state index contributed by atoms with van der Waals surface area (Å²) in [6, 6.07) is 23.0. The molecule has 0 saturated heterocycles. The topological polar surface area (TPSA) is 78.9 Å². The van der Waals surface area contributed by atoms with Crippen molar-refractivity contribution in [2.75, 3.05) is 16.0 Å². The summed E-state index contributed by atoms with van der Waals surface area (Å²) in [6.07, 6.45) is 5.09. The molecule has 0 aliphatic rings. The van der Waals surface area contributed by atoms with E-state index in [-0.39, 0.29) is 11.7 Å². The second-order valence-electron chi connectivity index (χ2n) is 8.13. The normalized spacial score (nSPS) is 10.7. The van der Waals surface area contributed by atoms with E-state index in [9.17, 15) is 9.18 Å². The molecule has 0 unspecified atom stereocenters. The maximum absolute atomic E-state index is 13.8. The molecule has 1 amide bonds. The first kappa shape index (κ1) is 22.0. The number of anilines is 5. The molecule has 6 nitrogen and oxygen atoms in total. The number of carbonyl (C=O) groups is 1. The van der Waals surface area contributed by atoms with Crippen LogP contribution in [0.3, 0.4) is 0 Å². The molecule has 7 heteroatoms. The van der Waals surface area contributed by atoms with Gasteiger partial charge in [-0.25, -0.2) is 4.39 Å². The molecular weight excluding hydrogens is 441 g/mol. The number of hydrogen-bond donors (Lipinski definition) is 3. The Bertz CT molecular complexity index is 1520. The molecule has 0 atom stereocenters. The molecule has 0 saturated carbocycles. The van der Waals surface area contributed by atoms with Gasteiger partial charge in [-0.2, -0.15) is 0 Å². The largest absolute Gasteiger partial charge is 0.355 e. The van der Waals surface area contributed by atoms with Gasteiger partial charge >= 0.3 is 0 Å². The van der Waals surface area contributed by atoms with Gasteiger partial charge < -0.3 is 16.0 Å². The van der Waals surface area contributed by atoms with Crippen LogP contribution in [0.25, 0.3) is 10.9 Å². The zero-order valence-corrected chi connectivity index (χ0v) is 18.9. The van der Waals surface area contributed by atoms with E-state index >= 15 is 0 Å². The minimum Gasteiger partial charge on any atom is -0.355 e. The first-order valence-corrected chi connectivity index (χ1v) is 11.0. The Labute approximate surface area is 201 Å². The van der Waals surface area contributed by atoms with Gasteiger partial charge in [-0.1, -0.05) is 6.07 Å². The third-order valence-electron chi connectivity index (χ3n) is 5.41. The zero-order chi connectivity index (χ0) is 24.2. The maximum Gasteiger partial charge on any atom is 0.255 e. The van der Waals surface area contributed by atoms with Crippen LogP contribution in [0.15, 0.2) is 97.5 Å². The van der Waals surface area contributed by atoms with Crippen molar-refractivity contribution in [2.45, 2.75) is 6.92 Å². The fourth-order valence-corrected chi connectivity index (χ4v) is 3.85. The Kier molecular flexibility index (Phi) is 6.05. The Morgan fingerprint density at radius 2 is 1.60 bits per heavy atom. The lowest BCUT2D eigenvalue weighted by Gasteiger charge is -2.13. The molecule has 2 aromatic heterocycles. The number of aromatic nitrogens is 2. The zero-order valence-electron chi connectivity index (χ0n) is 18.9. The van der Waals surface area contributed by atoms with Crippen LogP contribution >= 0.6 is 0 Å². The number of amides is 1. The Hall–Kier alpha value is -4.78. The molecule has 0 fully saturated rings. The van der Waals surface area contributed by atoms with E-state index in [4.69, 9.17) is 0 Å². The highest BCUT2D eigenvalue weighted by Crippen LogP contribution is 2.27. The van der Waals surface area contributed by atoms with Gasteiger partial charge in [0.2, 0.25) is 0 Å². The molecule has 0 spiro atoms. The fourth-order valence-electron chi connectivity index (χ4n) is 3.85. The number of pyridine rings is 2. The number of fused-ring (bicyclic) bond motifs is 1. The van der Waals surface area contributed by atoms with Crippen molar-refractivity contribution in [1.29, 1.82) is 0 Å². The highest BCUT2D eigenvalue weighted by Gasteiger charge is 2.11. The Morgan fingerprint density at radius 3 is 2.46 bits per heavy atom. The first-order chi connectivity index (χ1) is 17.0. The van der Waals surface area contributed by atoms with Gasteiger partial charge in [-0.15, -0.1) is 0 Å². The van der Waals surface area contributed by atoms with Gasteiger partial charge in [-0.05, 0) is 85.3 Å². The van der Waals surface area contributed by atoms with Crippen LogP contribution in [-0.2, 0) is 0 Å². The number of aryl methyl sites for hydroxylation is 1. The molecule has 5 aromatic rings. The average molecular weight is 464 g/mol. The van der Waals surface area contributed by atoms with E-state index in [2.05, 4.69) is 25.9 Å². The van der Waals surface area contributed by atoms with E-state index in [1.165, 1.54) is 12.1 Å². The number of nitrogens with zero attached hydrogens (tertiary/aromatic N) is 2. The predicted molar refractivity (Wildman–Crippen MR) is 138 cm³/mol. The molecule has 3 N–H and O–H groups in total. The second kappa shape index (κ2) is 9.61. The van der Waals surface area contributed by atoms with E-state index < -0.39 is 0 Å². The molecule has 0 radical (unpaired) electrons. The lowest BCUT2D eigenvalue weighted by atomic mass is 10.1. The monoisotopic (exact) mass is 463 g/mol. The summed E-state index contributed by atoms with van der Waals surface area (Å²) in [7, 11) is 0. The van der Waals surface area contributed by atoms with Crippen molar-refractivity contribution in [3.63, 3.8) is 0 Å². The Balaban J connectivity index is 1.36. The number of nitrogens with one attached hydrogen (secondary N) is 3. The quantitative estimate of drug-likeness (QED) is 0.258. The fraction of sp³-hybridized carbons (Fsp3) is 0.0357. The summed E-state index contributed by atoms with van der Waals surface area (Å²) < 4.78 is 13.8. The standard InChI is InChI=1S/C28H22FN5O/c1-18-13-19(15-24(14-18)33-27-9-12-31-26-6-5-20(29)16-25(26)27)28(35)34-23-4-2-3-22(17-23)32-21-7-10-30-11-8-21/h2-17H,1H3,(H,30,32)(H,31,33)(H,34,35). The molecule has 172 valence electrons. The second-order valence-corrected chi connectivity index (χ2v) is 8.13. The van der Waals surface area contributed by atoms with E-state index in [0.29, 0.717) is 27.8 Å². The smallest absolute Gasteiger partial charge is 0.255 e. The van der Waals surface area contributed by atoms with Crippen LogP contribution in [-0.4, -0.2) is 15.9 Å². The summed E-state index contributed by atoms with van der Waals surface area (Å²) in [5, 5.41) is 10.2. The van der Waals surface area contributed by atoms with Crippen LogP contribution in [0.5, 0.6) is 0 Å². The van der Waals surface area contributed by atoms with Crippen LogP contribution in [0.2, 0.25) is 0 Å². The number of hydrogen-bond acceptors (Lipinski definition) is 5. The van der Waals surface area contributed by atoms with Crippen molar-refractivity contribution in [3.05, 3.63) is 114 Å². The van der Waals surface area contributed by atoms with Crippen molar-refractivity contribution in [1.82, 2.24) is 9.97 Å². The number of halogens is 1. The van der Waals surface area contributed by atoms with Gasteiger partial charge in [0.05, 0.1) is 5.52 Å². The van der Waals surface area contributed by atoms with Crippen molar-refractivity contribution in [3.8, 4) is 0 Å². The summed E-state index contributed by atoms with van der Waals surface area (Å²) in [4.78, 5) is 21.4. The first-order valence-electron chi connectivity index (χ1n) is 11.0. The lowest BCUT2D eigenvalue weighted by molar-refractivity contribution is 0.102. The van der Waals surface area contributed by atoms with Crippen molar-refractivity contribution < 1.29 is 9.18 Å². The van der Waals surface area contributed by atoms with Crippen LogP contribution < -0.4 is 16.0 Å². The molecule has 5 rings (SSSR count). The van der Waals surface area contributed by atoms with Gasteiger partial charge in [0.25, 0.3) is 5.91 Å². The molecule has 35 heavy (non-hydrogen) atoms. The van der Waals surface area contributed by atoms with Crippen molar-refractivity contribution >= 4 is 45.2 Å². The maximum atomic E-state index is 13.8. The van der Waals surface area contributed by atoms with Gasteiger partial charge in [0.15, 0.2) is 0 Å². The van der Waals surface area contributed by atoms with E-state index in [0.717, 1.165) is 22.6 Å². The highest BCUT2D eigenvalue weighted by molar-refractivity contribution is 6.05. The summed E-state index contributed by atoms with van der Waals surface area (Å²) in [5.74, 6) is -0.568. The third-order valence-corrected chi connectivity index (χ3v) is 5.41. The third kappa shape index (κ3) is 5.25. The highest BCUT2D eigenvalue weighted by atomic mass is 19.1. The molecule has 0 aliphatic carbocycles. The van der Waals surface area contributed by atoms with Gasteiger partial charge in [0, 0.05) is 58.0 Å². The Morgan fingerprint density at radius 1 is 0.771 bits per heavy atom. The summed E-state index contributed by atoms with van der Waals surface area (Å²) in [5.41, 5.74) is 5.95. The summed E-state index contributed by atoms with van der Waals surface area (Å²) in [6.45, 7) is 1.92. The van der Waals surface area contributed by atoms with Crippen molar-refractivity contribution in [2.24, 2.45) is 0 Å². The summed E-state index contributed by atoms with van der Waals surface area (Å²) >= 11 is 0. The van der Waals surface area contributed by atoms with Crippen LogP contribution in [0, 0.1) is 12.7 Å². The van der Waals surface area contributed by atoms with Crippen LogP contribution in [0.4, 0.5) is 32.8 Å². The number of rotatable bonds is 6. The predicted octanol–water partition coefficient (Wildman–Crippen LogP) is 6.82. The SMILES string of the molecule is Cc1cc(Nc2ccnc3ccc(F)cc23)cc(C(=O)Nc2cccc(Nc3ccncc3)c2)c1. The average Bonchev–Trinajstić information content (AvgIpc) is 2.85. The van der Waals surface area contributed by atoms with Gasteiger partial charge in [0.1, 0.15) is 5.82 Å². The lowest BCUT2D eigenvalue weighted by Crippen LogP contribution is -2.12. The number of carbonyl (C=O) groups excluding carboxylic acids is 1.